The summed E-state index contributed by atoms with van der Waals surface area (Å²) >= 11 is 0. The van der Waals surface area contributed by atoms with E-state index in [0.717, 1.165) is 4.31 Å². The van der Waals surface area contributed by atoms with Crippen LogP contribution in [-0.2, 0) is 16.6 Å². The smallest absolute Gasteiger partial charge is 0.255 e. The second-order valence-corrected chi connectivity index (χ2v) is 7.63. The molecule has 2 aromatic carbocycles. The van der Waals surface area contributed by atoms with Crippen LogP contribution in [-0.4, -0.2) is 39.3 Å². The summed E-state index contributed by atoms with van der Waals surface area (Å²) in [7, 11) is -0.629. The van der Waals surface area contributed by atoms with Crippen LogP contribution in [0, 0.1) is 0 Å². The predicted molar refractivity (Wildman–Crippen MR) is 96.1 cm³/mol. The Bertz CT molecular complexity index is 848. The maximum atomic E-state index is 12.5. The lowest BCUT2D eigenvalue weighted by Crippen LogP contribution is -2.27. The monoisotopic (exact) mass is 362 g/mol. The first-order chi connectivity index (χ1) is 11.9. The number of carbonyl (C=O) groups is 1. The van der Waals surface area contributed by atoms with Gasteiger partial charge in [-0.3, -0.25) is 4.79 Å². The molecule has 0 atom stereocenters. The second kappa shape index (κ2) is 8.13. The molecule has 2 aromatic rings. The van der Waals surface area contributed by atoms with Gasteiger partial charge in [0.25, 0.3) is 5.91 Å². The molecule has 0 heterocycles. The Morgan fingerprint density at radius 1 is 1.08 bits per heavy atom. The van der Waals surface area contributed by atoms with Gasteiger partial charge in [0.1, 0.15) is 5.75 Å². The van der Waals surface area contributed by atoms with E-state index in [4.69, 9.17) is 4.74 Å². The van der Waals surface area contributed by atoms with Crippen molar-refractivity contribution >= 4 is 15.9 Å². The maximum absolute atomic E-state index is 12.5. The van der Waals surface area contributed by atoms with Crippen molar-refractivity contribution < 1.29 is 17.9 Å². The molecule has 134 valence electrons. The molecule has 0 bridgehead atoms. The molecule has 0 saturated heterocycles. The largest absolute Gasteiger partial charge is 0.493 e. The van der Waals surface area contributed by atoms with Crippen LogP contribution in [0.2, 0.25) is 0 Å². The van der Waals surface area contributed by atoms with Crippen LogP contribution in [0.5, 0.6) is 5.75 Å². The van der Waals surface area contributed by atoms with E-state index in [2.05, 4.69) is 5.32 Å². The third-order valence-electron chi connectivity index (χ3n) is 3.60. The molecule has 0 radical (unpaired) electrons. The summed E-state index contributed by atoms with van der Waals surface area (Å²) in [5.41, 5.74) is 0.940. The zero-order valence-electron chi connectivity index (χ0n) is 14.5. The average Bonchev–Trinajstić information content (AvgIpc) is 2.60. The first kappa shape index (κ1) is 19.0. The number of benzene rings is 2. The minimum absolute atomic E-state index is 0.0997. The highest BCUT2D eigenvalue weighted by atomic mass is 32.2. The highest BCUT2D eigenvalue weighted by molar-refractivity contribution is 7.89. The van der Waals surface area contributed by atoms with E-state index in [1.54, 1.807) is 42.5 Å². The van der Waals surface area contributed by atoms with Gasteiger partial charge in [0.15, 0.2) is 0 Å². The van der Waals surface area contributed by atoms with Gasteiger partial charge < -0.3 is 10.1 Å². The Labute approximate surface area is 148 Å². The molecule has 7 heteroatoms. The number of para-hydroxylation sites is 1. The van der Waals surface area contributed by atoms with E-state index in [0.29, 0.717) is 23.5 Å². The molecule has 0 saturated carbocycles. The van der Waals surface area contributed by atoms with Crippen LogP contribution in [0.3, 0.4) is 0 Å². The fourth-order valence-corrected chi connectivity index (χ4v) is 3.42. The van der Waals surface area contributed by atoms with Crippen molar-refractivity contribution in [1.29, 1.82) is 0 Å². The number of nitrogens with one attached hydrogen (secondary N) is 1. The van der Waals surface area contributed by atoms with Crippen molar-refractivity contribution in [3.05, 3.63) is 59.7 Å². The van der Waals surface area contributed by atoms with Gasteiger partial charge in [0.2, 0.25) is 10.0 Å². The zero-order chi connectivity index (χ0) is 18.4. The van der Waals surface area contributed by atoms with Crippen LogP contribution in [0.25, 0.3) is 0 Å². The Morgan fingerprint density at radius 2 is 1.72 bits per heavy atom. The van der Waals surface area contributed by atoms with Crippen molar-refractivity contribution in [2.24, 2.45) is 0 Å². The average molecular weight is 362 g/mol. The van der Waals surface area contributed by atoms with Gasteiger partial charge in [-0.25, -0.2) is 12.7 Å². The first-order valence-corrected chi connectivity index (χ1v) is 9.32. The molecule has 0 aromatic heterocycles. The summed E-state index contributed by atoms with van der Waals surface area (Å²) in [5.74, 6) is 0.179. The standard InChI is InChI=1S/C18H22N2O4S/c1-4-24-16-11-7-6-10-15(16)18(21)19-13-14-9-5-8-12-17(14)25(22,23)20(2)3/h5-12H,4,13H2,1-3H3,(H,19,21). The van der Waals surface area contributed by atoms with Crippen LogP contribution >= 0.6 is 0 Å². The van der Waals surface area contributed by atoms with Crippen LogP contribution in [0.1, 0.15) is 22.8 Å². The van der Waals surface area contributed by atoms with Crippen LogP contribution < -0.4 is 10.1 Å². The van der Waals surface area contributed by atoms with Gasteiger partial charge in [0, 0.05) is 20.6 Å². The molecular formula is C18H22N2O4S. The van der Waals surface area contributed by atoms with E-state index in [-0.39, 0.29) is 17.3 Å². The van der Waals surface area contributed by atoms with Gasteiger partial charge in [-0.2, -0.15) is 0 Å². The molecule has 25 heavy (non-hydrogen) atoms. The summed E-state index contributed by atoms with van der Waals surface area (Å²) in [4.78, 5) is 12.6. The molecule has 2 rings (SSSR count). The number of ether oxygens (including phenoxy) is 1. The number of hydrogen-bond acceptors (Lipinski definition) is 4. The molecule has 1 amide bonds. The normalized spacial score (nSPS) is 11.4. The summed E-state index contributed by atoms with van der Waals surface area (Å²) in [6.45, 7) is 2.40. The number of rotatable bonds is 7. The van der Waals surface area contributed by atoms with E-state index in [1.807, 2.05) is 6.92 Å². The summed E-state index contributed by atoms with van der Waals surface area (Å²) in [6, 6.07) is 13.6. The second-order valence-electron chi connectivity index (χ2n) is 5.51. The number of hydrogen-bond donors (Lipinski definition) is 1. The molecule has 0 unspecified atom stereocenters. The fraction of sp³-hybridized carbons (Fsp3) is 0.278. The minimum atomic E-state index is -3.58. The van der Waals surface area contributed by atoms with E-state index in [9.17, 15) is 13.2 Å². The molecule has 0 spiro atoms. The molecule has 0 fully saturated rings. The number of carbonyl (C=O) groups excluding carboxylic acids is 1. The van der Waals surface area contributed by atoms with E-state index in [1.165, 1.54) is 20.2 Å². The van der Waals surface area contributed by atoms with Gasteiger partial charge in [-0.05, 0) is 30.7 Å². The summed E-state index contributed by atoms with van der Waals surface area (Å²) in [5, 5.41) is 2.76. The molecule has 0 aliphatic heterocycles. The van der Waals surface area contributed by atoms with Crippen molar-refractivity contribution in [3.8, 4) is 5.75 Å². The number of nitrogens with zero attached hydrogens (tertiary/aromatic N) is 1. The third-order valence-corrected chi connectivity index (χ3v) is 5.52. The highest BCUT2D eigenvalue weighted by Gasteiger charge is 2.21. The zero-order valence-corrected chi connectivity index (χ0v) is 15.3. The van der Waals surface area contributed by atoms with Crippen molar-refractivity contribution in [2.75, 3.05) is 20.7 Å². The lowest BCUT2D eigenvalue weighted by atomic mass is 10.1. The van der Waals surface area contributed by atoms with Crippen LogP contribution in [0.4, 0.5) is 0 Å². The lowest BCUT2D eigenvalue weighted by molar-refractivity contribution is 0.0946. The predicted octanol–water partition coefficient (Wildman–Crippen LogP) is 2.27. The summed E-state index contributed by atoms with van der Waals surface area (Å²) < 4.78 is 31.4. The number of amides is 1. The molecule has 1 N–H and O–H groups in total. The van der Waals surface area contributed by atoms with Gasteiger partial charge in [-0.1, -0.05) is 30.3 Å². The minimum Gasteiger partial charge on any atom is -0.493 e. The topological polar surface area (TPSA) is 75.7 Å². The fourth-order valence-electron chi connectivity index (χ4n) is 2.30. The summed E-state index contributed by atoms with van der Waals surface area (Å²) in [6.07, 6.45) is 0. The SMILES string of the molecule is CCOc1ccccc1C(=O)NCc1ccccc1S(=O)(=O)N(C)C. The number of sulfonamides is 1. The molecule has 6 nitrogen and oxygen atoms in total. The molecule has 0 aliphatic rings. The Hall–Kier alpha value is -2.38. The lowest BCUT2D eigenvalue weighted by Gasteiger charge is -2.16. The van der Waals surface area contributed by atoms with Gasteiger partial charge in [-0.15, -0.1) is 0 Å². The van der Waals surface area contributed by atoms with Crippen LogP contribution in [0.15, 0.2) is 53.4 Å². The Balaban J connectivity index is 2.22. The van der Waals surface area contributed by atoms with E-state index >= 15 is 0 Å². The Kier molecular flexibility index (Phi) is 6.17. The first-order valence-electron chi connectivity index (χ1n) is 7.88. The van der Waals surface area contributed by atoms with E-state index < -0.39 is 10.0 Å². The van der Waals surface area contributed by atoms with Crippen molar-refractivity contribution in [1.82, 2.24) is 9.62 Å². The molecular weight excluding hydrogens is 340 g/mol. The maximum Gasteiger partial charge on any atom is 0.255 e. The molecule has 0 aliphatic carbocycles. The highest BCUT2D eigenvalue weighted by Crippen LogP contribution is 2.20. The van der Waals surface area contributed by atoms with Crippen molar-refractivity contribution in [2.45, 2.75) is 18.4 Å². The van der Waals surface area contributed by atoms with Crippen molar-refractivity contribution in [3.63, 3.8) is 0 Å². The third kappa shape index (κ3) is 4.37. The quantitative estimate of drug-likeness (QED) is 0.820. The van der Waals surface area contributed by atoms with Gasteiger partial charge in [0.05, 0.1) is 17.1 Å². The van der Waals surface area contributed by atoms with Gasteiger partial charge >= 0.3 is 0 Å². The Morgan fingerprint density at radius 3 is 2.40 bits per heavy atom.